The van der Waals surface area contributed by atoms with Gasteiger partial charge in [0.15, 0.2) is 8.32 Å². The lowest BCUT2D eigenvalue weighted by Gasteiger charge is -2.36. The molecule has 3 heteroatoms. The van der Waals surface area contributed by atoms with Crippen molar-refractivity contribution in [2.24, 2.45) is 0 Å². The van der Waals surface area contributed by atoms with Crippen LogP contribution in [0, 0.1) is 11.8 Å². The molecule has 0 fully saturated rings. The smallest absolute Gasteiger partial charge is 0.202 e. The summed E-state index contributed by atoms with van der Waals surface area (Å²) in [4.78, 5) is 10.6. The second-order valence-electron chi connectivity index (χ2n) is 5.57. The number of carbonyl (C=O) groups is 1. The van der Waals surface area contributed by atoms with Gasteiger partial charge in [-0.1, -0.05) is 26.7 Å². The zero-order valence-corrected chi connectivity index (χ0v) is 12.4. The van der Waals surface area contributed by atoms with Crippen LogP contribution in [-0.4, -0.2) is 20.7 Å². The summed E-state index contributed by atoms with van der Waals surface area (Å²) in [5.41, 5.74) is 0. The molecule has 0 amide bonds. The molecule has 0 heterocycles. The van der Waals surface area contributed by atoms with Crippen LogP contribution in [0.15, 0.2) is 0 Å². The molecular weight excluding hydrogens is 216 g/mol. The second-order valence-corrected chi connectivity index (χ2v) is 10.4. The molecule has 0 aliphatic heterocycles. The predicted octanol–water partition coefficient (Wildman–Crippen LogP) is 3.38. The quantitative estimate of drug-likeness (QED) is 0.326. The molecule has 0 spiro atoms. The van der Waals surface area contributed by atoms with E-state index in [0.717, 1.165) is 19.4 Å². The summed E-state index contributed by atoms with van der Waals surface area (Å²) in [5.74, 6) is 5.32. The highest BCUT2D eigenvalue weighted by Crippen LogP contribution is 2.36. The van der Waals surface area contributed by atoms with Crippen molar-refractivity contribution < 1.29 is 9.22 Å². The van der Waals surface area contributed by atoms with E-state index in [2.05, 4.69) is 45.7 Å². The van der Waals surface area contributed by atoms with Crippen molar-refractivity contribution in [3.05, 3.63) is 0 Å². The van der Waals surface area contributed by atoms with E-state index in [4.69, 9.17) is 4.43 Å². The monoisotopic (exact) mass is 240 g/mol. The van der Waals surface area contributed by atoms with E-state index in [1.807, 2.05) is 0 Å². The first kappa shape index (κ1) is 15.4. The van der Waals surface area contributed by atoms with Gasteiger partial charge in [-0.15, -0.1) is 0 Å². The number of ketones is 1. The van der Waals surface area contributed by atoms with Crippen molar-refractivity contribution in [1.29, 1.82) is 0 Å². The lowest BCUT2D eigenvalue weighted by molar-refractivity contribution is -0.111. The lowest BCUT2D eigenvalue weighted by Crippen LogP contribution is -2.40. The van der Waals surface area contributed by atoms with Crippen molar-refractivity contribution in [1.82, 2.24) is 0 Å². The third-order valence-electron chi connectivity index (χ3n) is 2.98. The molecule has 0 saturated carbocycles. The Bertz CT molecular complexity index is 289. The van der Waals surface area contributed by atoms with Crippen LogP contribution >= 0.6 is 0 Å². The fraction of sp³-hybridized carbons (Fsp3) is 0.769. The summed E-state index contributed by atoms with van der Waals surface area (Å²) >= 11 is 0. The molecule has 0 aromatic heterocycles. The highest BCUT2D eigenvalue weighted by molar-refractivity contribution is 6.74. The summed E-state index contributed by atoms with van der Waals surface area (Å²) in [6.07, 6.45) is 1.65. The third kappa shape index (κ3) is 6.09. The van der Waals surface area contributed by atoms with E-state index < -0.39 is 8.32 Å². The molecule has 0 atom stereocenters. The molecule has 0 radical (unpaired) electrons. The number of Topliss-reactive ketones (excluding diaryl/α,β-unsaturated/α-hetero) is 1. The number of hydrogen-bond acceptors (Lipinski definition) is 2. The SMILES string of the molecule is CC(=O)C#CCCCO[Si](C)(C)C(C)(C)C. The van der Waals surface area contributed by atoms with Crippen LogP contribution in [-0.2, 0) is 9.22 Å². The molecule has 0 aromatic carbocycles. The zero-order valence-electron chi connectivity index (χ0n) is 11.4. The topological polar surface area (TPSA) is 26.3 Å². The molecule has 0 N–H and O–H groups in total. The van der Waals surface area contributed by atoms with Gasteiger partial charge in [0.2, 0.25) is 5.78 Å². The van der Waals surface area contributed by atoms with Gasteiger partial charge in [-0.25, -0.2) is 0 Å². The molecular formula is C13H24O2Si. The summed E-state index contributed by atoms with van der Waals surface area (Å²) in [6, 6.07) is 0. The molecule has 0 saturated heterocycles. The molecule has 92 valence electrons. The fourth-order valence-electron chi connectivity index (χ4n) is 0.891. The molecule has 16 heavy (non-hydrogen) atoms. The van der Waals surface area contributed by atoms with Gasteiger partial charge in [-0.05, 0) is 30.5 Å². The molecule has 0 bridgehead atoms. The minimum atomic E-state index is -1.60. The van der Waals surface area contributed by atoms with Gasteiger partial charge in [0.05, 0.1) is 0 Å². The predicted molar refractivity (Wildman–Crippen MR) is 70.8 cm³/mol. The first-order valence-corrected chi connectivity index (χ1v) is 8.71. The Labute approximate surface area is 101 Å². The Kier molecular flexibility index (Phi) is 5.99. The normalized spacial score (nSPS) is 11.9. The van der Waals surface area contributed by atoms with Gasteiger partial charge < -0.3 is 4.43 Å². The molecule has 0 aliphatic carbocycles. The van der Waals surface area contributed by atoms with Crippen molar-refractivity contribution in [2.75, 3.05) is 6.61 Å². The van der Waals surface area contributed by atoms with Crippen LogP contribution < -0.4 is 0 Å². The lowest BCUT2D eigenvalue weighted by atomic mass is 10.2. The number of unbranched alkanes of at least 4 members (excludes halogenated alkanes) is 1. The van der Waals surface area contributed by atoms with Gasteiger partial charge in [0, 0.05) is 20.0 Å². The van der Waals surface area contributed by atoms with Gasteiger partial charge in [0.25, 0.3) is 0 Å². The Hall–Kier alpha value is -0.593. The molecule has 0 aliphatic rings. The average Bonchev–Trinajstić information content (AvgIpc) is 2.08. The average molecular weight is 240 g/mol. The maximum atomic E-state index is 10.6. The first-order chi connectivity index (χ1) is 7.17. The summed E-state index contributed by atoms with van der Waals surface area (Å²) in [6.45, 7) is 13.4. The first-order valence-electron chi connectivity index (χ1n) is 5.80. The molecule has 0 aromatic rings. The molecule has 0 rings (SSSR count). The standard InChI is InChI=1S/C13H24O2Si/c1-12(14)10-8-7-9-11-15-16(5,6)13(2,3)4/h7,9,11H2,1-6H3. The van der Waals surface area contributed by atoms with Crippen LogP contribution in [0.3, 0.4) is 0 Å². The van der Waals surface area contributed by atoms with E-state index in [1.165, 1.54) is 6.92 Å². The highest BCUT2D eigenvalue weighted by atomic mass is 28.4. The zero-order chi connectivity index (χ0) is 12.8. The summed E-state index contributed by atoms with van der Waals surface area (Å²) < 4.78 is 5.99. The van der Waals surface area contributed by atoms with Crippen LogP contribution in [0.4, 0.5) is 0 Å². The van der Waals surface area contributed by atoms with E-state index >= 15 is 0 Å². The van der Waals surface area contributed by atoms with Gasteiger partial charge >= 0.3 is 0 Å². The van der Waals surface area contributed by atoms with Crippen LogP contribution in [0.5, 0.6) is 0 Å². The summed E-state index contributed by atoms with van der Waals surface area (Å²) in [5, 5.41) is 0.262. The maximum absolute atomic E-state index is 10.6. The van der Waals surface area contributed by atoms with Crippen LogP contribution in [0.2, 0.25) is 18.1 Å². The van der Waals surface area contributed by atoms with Crippen molar-refractivity contribution in [2.45, 2.75) is 58.7 Å². The number of carbonyl (C=O) groups excluding carboxylic acids is 1. The van der Waals surface area contributed by atoms with Crippen LogP contribution in [0.1, 0.15) is 40.5 Å². The maximum Gasteiger partial charge on any atom is 0.202 e. The van der Waals surface area contributed by atoms with E-state index in [0.29, 0.717) is 0 Å². The minimum absolute atomic E-state index is 0.0645. The molecule has 0 unspecified atom stereocenters. The molecule has 2 nitrogen and oxygen atoms in total. The van der Waals surface area contributed by atoms with Crippen molar-refractivity contribution in [3.63, 3.8) is 0 Å². The fourth-order valence-corrected chi connectivity index (χ4v) is 1.98. The minimum Gasteiger partial charge on any atom is -0.417 e. The van der Waals surface area contributed by atoms with Crippen molar-refractivity contribution >= 4 is 14.1 Å². The Morgan fingerprint density at radius 2 is 1.88 bits per heavy atom. The van der Waals surface area contributed by atoms with E-state index in [1.54, 1.807) is 0 Å². The Balaban J connectivity index is 3.85. The Morgan fingerprint density at radius 3 is 2.31 bits per heavy atom. The number of hydrogen-bond donors (Lipinski definition) is 0. The van der Waals surface area contributed by atoms with E-state index in [-0.39, 0.29) is 10.8 Å². The van der Waals surface area contributed by atoms with Crippen LogP contribution in [0.25, 0.3) is 0 Å². The van der Waals surface area contributed by atoms with Gasteiger partial charge in [-0.3, -0.25) is 4.79 Å². The largest absolute Gasteiger partial charge is 0.417 e. The van der Waals surface area contributed by atoms with E-state index in [9.17, 15) is 4.79 Å². The number of rotatable bonds is 4. The third-order valence-corrected chi connectivity index (χ3v) is 7.52. The summed E-state index contributed by atoms with van der Waals surface area (Å²) in [7, 11) is -1.60. The Morgan fingerprint density at radius 1 is 1.31 bits per heavy atom. The van der Waals surface area contributed by atoms with Gasteiger partial charge in [0.1, 0.15) is 0 Å². The van der Waals surface area contributed by atoms with Gasteiger partial charge in [-0.2, -0.15) is 0 Å². The second kappa shape index (κ2) is 6.22. The highest BCUT2D eigenvalue weighted by Gasteiger charge is 2.36. The van der Waals surface area contributed by atoms with Crippen molar-refractivity contribution in [3.8, 4) is 11.8 Å².